The Hall–Kier alpha value is -3.43. The first kappa shape index (κ1) is 20.2. The fourth-order valence-electron chi connectivity index (χ4n) is 4.39. The van der Waals surface area contributed by atoms with E-state index in [9.17, 15) is 4.39 Å². The molecule has 2 fully saturated rings. The maximum Gasteiger partial charge on any atom is 0.188 e. The molecule has 0 radical (unpaired) electrons. The molecule has 0 bridgehead atoms. The number of anilines is 1. The number of hydrogen-bond acceptors (Lipinski definition) is 7. The van der Waals surface area contributed by atoms with Crippen LogP contribution in [0.2, 0.25) is 0 Å². The van der Waals surface area contributed by atoms with Gasteiger partial charge in [-0.25, -0.2) is 4.39 Å². The number of aromatic amines is 1. The monoisotopic (exact) mass is 450 g/mol. The molecule has 33 heavy (non-hydrogen) atoms. The van der Waals surface area contributed by atoms with Gasteiger partial charge in [-0.15, -0.1) is 0 Å². The van der Waals surface area contributed by atoms with Crippen LogP contribution in [-0.4, -0.2) is 61.0 Å². The minimum atomic E-state index is -0.475. The van der Waals surface area contributed by atoms with Crippen molar-refractivity contribution >= 4 is 16.6 Å². The molecule has 0 saturated carbocycles. The summed E-state index contributed by atoms with van der Waals surface area (Å²) in [5, 5.41) is 12.0. The smallest absolute Gasteiger partial charge is 0.188 e. The third kappa shape index (κ3) is 3.53. The molecule has 170 valence electrons. The van der Waals surface area contributed by atoms with Crippen LogP contribution in [0.25, 0.3) is 33.6 Å². The zero-order chi connectivity index (χ0) is 22.4. The van der Waals surface area contributed by atoms with Gasteiger partial charge in [-0.3, -0.25) is 5.10 Å². The van der Waals surface area contributed by atoms with E-state index in [4.69, 9.17) is 18.7 Å². The molecule has 0 amide bonds. The van der Waals surface area contributed by atoms with E-state index in [0.717, 1.165) is 31.7 Å². The summed E-state index contributed by atoms with van der Waals surface area (Å²) in [5.74, 6) is 0.126. The minimum Gasteiger partial charge on any atom is -0.488 e. The maximum atomic E-state index is 14.5. The van der Waals surface area contributed by atoms with Crippen LogP contribution >= 0.6 is 0 Å². The Morgan fingerprint density at radius 3 is 2.70 bits per heavy atom. The first-order valence-electron chi connectivity index (χ1n) is 10.9. The molecular formula is C24H23FN4O4. The Bertz CT molecular complexity index is 1290. The first-order chi connectivity index (χ1) is 16.1. The first-order valence-corrected chi connectivity index (χ1v) is 10.9. The second-order valence-corrected chi connectivity index (χ2v) is 8.50. The van der Waals surface area contributed by atoms with Crippen LogP contribution < -0.4 is 9.64 Å². The van der Waals surface area contributed by atoms with Gasteiger partial charge in [0.2, 0.25) is 0 Å². The topological polar surface area (TPSA) is 85.6 Å². The SMILES string of the molecule is COCCOc1cc2[nH]nc(-c3cc(-c4ccc(N5CC6(CCO6)C5)cc4)no3)c2cc1F. The highest BCUT2D eigenvalue weighted by Crippen LogP contribution is 2.39. The van der Waals surface area contributed by atoms with Crippen molar-refractivity contribution in [3.8, 4) is 28.5 Å². The van der Waals surface area contributed by atoms with Crippen LogP contribution in [0.15, 0.2) is 47.0 Å². The maximum absolute atomic E-state index is 14.5. The molecule has 6 rings (SSSR count). The van der Waals surface area contributed by atoms with Crippen LogP contribution in [-0.2, 0) is 9.47 Å². The Kier molecular flexibility index (Phi) is 4.81. The molecule has 2 saturated heterocycles. The normalized spacial score (nSPS) is 16.7. The fourth-order valence-corrected chi connectivity index (χ4v) is 4.39. The molecule has 0 aliphatic carbocycles. The molecule has 2 aromatic heterocycles. The summed E-state index contributed by atoms with van der Waals surface area (Å²) in [7, 11) is 1.57. The number of nitrogens with zero attached hydrogens (tertiary/aromatic N) is 3. The number of halogens is 1. The fraction of sp³-hybridized carbons (Fsp3) is 0.333. The van der Waals surface area contributed by atoms with Crippen LogP contribution in [0, 0.1) is 5.82 Å². The number of hydrogen-bond donors (Lipinski definition) is 1. The van der Waals surface area contributed by atoms with Gasteiger partial charge in [0.05, 0.1) is 18.7 Å². The molecule has 1 spiro atoms. The third-order valence-electron chi connectivity index (χ3n) is 6.36. The van der Waals surface area contributed by atoms with Gasteiger partial charge in [-0.1, -0.05) is 17.3 Å². The number of aromatic nitrogens is 3. The molecule has 0 unspecified atom stereocenters. The molecule has 2 aliphatic heterocycles. The molecule has 1 N–H and O–H groups in total. The van der Waals surface area contributed by atoms with E-state index in [1.807, 2.05) is 18.2 Å². The van der Waals surface area contributed by atoms with Gasteiger partial charge < -0.3 is 23.6 Å². The van der Waals surface area contributed by atoms with Gasteiger partial charge in [0, 0.05) is 55.4 Å². The van der Waals surface area contributed by atoms with Crippen molar-refractivity contribution in [2.24, 2.45) is 0 Å². The summed E-state index contributed by atoms with van der Waals surface area (Å²) in [6.07, 6.45) is 1.15. The van der Waals surface area contributed by atoms with Crippen molar-refractivity contribution in [2.45, 2.75) is 12.0 Å². The number of fused-ring (bicyclic) bond motifs is 1. The van der Waals surface area contributed by atoms with Crippen LogP contribution in [0.4, 0.5) is 10.1 Å². The quantitative estimate of drug-likeness (QED) is 0.426. The lowest BCUT2D eigenvalue weighted by atomic mass is 9.86. The number of nitrogens with one attached hydrogen (secondary N) is 1. The summed E-state index contributed by atoms with van der Waals surface area (Å²) < 4.78 is 36.1. The van der Waals surface area contributed by atoms with Crippen molar-refractivity contribution in [1.29, 1.82) is 0 Å². The van der Waals surface area contributed by atoms with Gasteiger partial charge >= 0.3 is 0 Å². The summed E-state index contributed by atoms with van der Waals surface area (Å²) in [4.78, 5) is 2.31. The van der Waals surface area contributed by atoms with Gasteiger partial charge in [0.1, 0.15) is 23.6 Å². The average Bonchev–Trinajstić information content (AvgIpc) is 3.39. The predicted octanol–water partition coefficient (Wildman–Crippen LogP) is 4.03. The van der Waals surface area contributed by atoms with Crippen molar-refractivity contribution in [1.82, 2.24) is 15.4 Å². The van der Waals surface area contributed by atoms with Crippen LogP contribution in [0.1, 0.15) is 6.42 Å². The highest BCUT2D eigenvalue weighted by Gasteiger charge is 2.49. The Morgan fingerprint density at radius 2 is 1.97 bits per heavy atom. The molecule has 2 aromatic carbocycles. The number of ether oxygens (including phenoxy) is 3. The lowest BCUT2D eigenvalue weighted by Gasteiger charge is -2.56. The number of rotatable bonds is 7. The highest BCUT2D eigenvalue weighted by molar-refractivity contribution is 5.93. The van der Waals surface area contributed by atoms with E-state index >= 15 is 0 Å². The van der Waals surface area contributed by atoms with E-state index in [1.165, 1.54) is 11.8 Å². The summed E-state index contributed by atoms with van der Waals surface area (Å²) in [5.41, 5.74) is 4.03. The molecule has 0 atom stereocenters. The number of methoxy groups -OCH3 is 1. The molecule has 2 aliphatic rings. The van der Waals surface area contributed by atoms with Gasteiger partial charge in [0.15, 0.2) is 17.3 Å². The molecular weight excluding hydrogens is 427 g/mol. The Morgan fingerprint density at radius 1 is 1.15 bits per heavy atom. The standard InChI is InChI=1S/C24H23FN4O4/c1-30-8-9-31-21-12-20-17(10-18(21)25)23(27-26-20)22-11-19(28-33-22)15-2-4-16(5-3-15)29-13-24(14-29)6-7-32-24/h2-5,10-12H,6-9,13-14H2,1H3,(H,26,27). The second-order valence-electron chi connectivity index (χ2n) is 8.50. The van der Waals surface area contributed by atoms with Crippen molar-refractivity contribution in [2.75, 3.05) is 44.9 Å². The largest absolute Gasteiger partial charge is 0.488 e. The lowest BCUT2D eigenvalue weighted by Crippen LogP contribution is -2.68. The van der Waals surface area contributed by atoms with E-state index in [0.29, 0.717) is 34.7 Å². The van der Waals surface area contributed by atoms with Crippen molar-refractivity contribution in [3.05, 3.63) is 48.3 Å². The molecule has 4 aromatic rings. The van der Waals surface area contributed by atoms with E-state index in [-0.39, 0.29) is 18.0 Å². The molecule has 4 heterocycles. The highest BCUT2D eigenvalue weighted by atomic mass is 19.1. The van der Waals surface area contributed by atoms with E-state index in [1.54, 1.807) is 13.2 Å². The number of H-pyrrole nitrogens is 1. The Labute approximate surface area is 189 Å². The molecule has 9 heteroatoms. The van der Waals surface area contributed by atoms with Gasteiger partial charge in [0.25, 0.3) is 0 Å². The zero-order valence-electron chi connectivity index (χ0n) is 18.1. The van der Waals surface area contributed by atoms with Crippen LogP contribution in [0.3, 0.4) is 0 Å². The minimum absolute atomic E-state index is 0.0995. The van der Waals surface area contributed by atoms with Gasteiger partial charge in [-0.2, -0.15) is 5.10 Å². The lowest BCUT2D eigenvalue weighted by molar-refractivity contribution is -0.160. The van der Waals surface area contributed by atoms with Gasteiger partial charge in [-0.05, 0) is 18.2 Å². The number of benzene rings is 2. The van der Waals surface area contributed by atoms with Crippen molar-refractivity contribution < 1.29 is 23.1 Å². The Balaban J connectivity index is 1.21. The average molecular weight is 450 g/mol. The summed E-state index contributed by atoms with van der Waals surface area (Å²) in [6.45, 7) is 3.41. The third-order valence-corrected chi connectivity index (χ3v) is 6.36. The predicted molar refractivity (Wildman–Crippen MR) is 120 cm³/mol. The zero-order valence-corrected chi connectivity index (χ0v) is 18.1. The van der Waals surface area contributed by atoms with E-state index < -0.39 is 5.82 Å². The van der Waals surface area contributed by atoms with E-state index in [2.05, 4.69) is 32.4 Å². The van der Waals surface area contributed by atoms with Crippen LogP contribution in [0.5, 0.6) is 5.75 Å². The summed E-state index contributed by atoms with van der Waals surface area (Å²) >= 11 is 0. The van der Waals surface area contributed by atoms with Crippen molar-refractivity contribution in [3.63, 3.8) is 0 Å². The molecule has 8 nitrogen and oxygen atoms in total. The second kappa shape index (κ2) is 7.86. The summed E-state index contributed by atoms with van der Waals surface area (Å²) in [6, 6.07) is 13.0.